The Bertz CT molecular complexity index is 1540. The van der Waals surface area contributed by atoms with E-state index in [0.717, 1.165) is 16.9 Å². The Kier molecular flexibility index (Phi) is 6.77. The van der Waals surface area contributed by atoms with Crippen LogP contribution in [0.25, 0.3) is 5.76 Å². The van der Waals surface area contributed by atoms with Gasteiger partial charge in [0.25, 0.3) is 5.78 Å². The highest BCUT2D eigenvalue weighted by Gasteiger charge is 2.49. The summed E-state index contributed by atoms with van der Waals surface area (Å²) in [6.07, 6.45) is 0.633. The third-order valence-electron chi connectivity index (χ3n) is 6.70. The zero-order valence-electron chi connectivity index (χ0n) is 21.9. The number of benzene rings is 2. The van der Waals surface area contributed by atoms with Crippen LogP contribution in [0.1, 0.15) is 45.0 Å². The van der Waals surface area contributed by atoms with Crippen LogP contribution < -0.4 is 19.1 Å². The first-order chi connectivity index (χ1) is 18.7. The summed E-state index contributed by atoms with van der Waals surface area (Å²) < 4.78 is 21.7. The highest BCUT2D eigenvalue weighted by Crippen LogP contribution is 2.48. The van der Waals surface area contributed by atoms with Gasteiger partial charge in [-0.1, -0.05) is 23.5 Å². The van der Waals surface area contributed by atoms with E-state index in [4.69, 9.17) is 18.9 Å². The summed E-state index contributed by atoms with van der Waals surface area (Å²) in [5.74, 6) is -1.42. The number of nitrogens with zero attached hydrogens (tertiary/aromatic N) is 2. The van der Waals surface area contributed by atoms with Crippen LogP contribution in [0.15, 0.2) is 42.0 Å². The van der Waals surface area contributed by atoms with Crippen LogP contribution in [0.3, 0.4) is 0 Å². The average molecular weight is 551 g/mol. The molecule has 1 amide bonds. The summed E-state index contributed by atoms with van der Waals surface area (Å²) >= 11 is 0.918. The molecule has 3 heterocycles. The molecule has 1 fully saturated rings. The van der Waals surface area contributed by atoms with Crippen LogP contribution in [-0.2, 0) is 20.7 Å². The molecule has 0 radical (unpaired) electrons. The van der Waals surface area contributed by atoms with E-state index < -0.39 is 23.7 Å². The van der Waals surface area contributed by atoms with Crippen molar-refractivity contribution in [1.29, 1.82) is 0 Å². The second-order valence-electron chi connectivity index (χ2n) is 9.11. The first kappa shape index (κ1) is 26.2. The van der Waals surface area contributed by atoms with Crippen molar-refractivity contribution in [2.75, 3.05) is 26.2 Å². The minimum absolute atomic E-state index is 0.0128. The first-order valence-corrected chi connectivity index (χ1v) is 12.9. The highest BCUT2D eigenvalue weighted by molar-refractivity contribution is 7.17. The number of carbonyl (C=O) groups excluding carboxylic acids is 3. The third kappa shape index (κ3) is 4.28. The van der Waals surface area contributed by atoms with Gasteiger partial charge in [0.05, 0.1) is 32.6 Å². The molecule has 3 aromatic rings. The molecule has 2 aliphatic heterocycles. The van der Waals surface area contributed by atoms with Gasteiger partial charge < -0.3 is 24.1 Å². The molecule has 0 spiro atoms. The molecule has 202 valence electrons. The number of ketones is 1. The Hall–Kier alpha value is -4.38. The maximum Gasteiger partial charge on any atom is 0.350 e. The molecule has 1 aromatic heterocycles. The zero-order chi connectivity index (χ0) is 28.0. The number of carbonyl (C=O) groups is 3. The van der Waals surface area contributed by atoms with Gasteiger partial charge in [0.1, 0.15) is 28.5 Å². The molecule has 2 aliphatic rings. The second-order valence-corrected chi connectivity index (χ2v) is 10.1. The smallest absolute Gasteiger partial charge is 0.350 e. The van der Waals surface area contributed by atoms with Gasteiger partial charge in [0.15, 0.2) is 16.6 Å². The minimum Gasteiger partial charge on any atom is -0.507 e. The predicted octanol–water partition coefficient (Wildman–Crippen LogP) is 4.21. The number of rotatable bonds is 6. The van der Waals surface area contributed by atoms with Gasteiger partial charge in [-0.15, -0.1) is 0 Å². The number of anilines is 1. The van der Waals surface area contributed by atoms with Crippen molar-refractivity contribution in [2.45, 2.75) is 32.4 Å². The molecule has 2 aromatic carbocycles. The molecule has 1 saturated heterocycles. The summed E-state index contributed by atoms with van der Waals surface area (Å²) in [7, 11) is 4.16. The van der Waals surface area contributed by atoms with E-state index in [9.17, 15) is 19.5 Å². The van der Waals surface area contributed by atoms with Crippen molar-refractivity contribution in [3.63, 3.8) is 0 Å². The summed E-state index contributed by atoms with van der Waals surface area (Å²) in [4.78, 5) is 45.2. The fraction of sp³-hybridized carbons (Fsp3) is 0.286. The number of thiazole rings is 1. The molecule has 39 heavy (non-hydrogen) atoms. The number of methoxy groups -OCH3 is 3. The lowest BCUT2D eigenvalue weighted by molar-refractivity contribution is -0.132. The average Bonchev–Trinajstić information content (AvgIpc) is 3.58. The van der Waals surface area contributed by atoms with Gasteiger partial charge in [0, 0.05) is 17.5 Å². The molecule has 2 atom stereocenters. The van der Waals surface area contributed by atoms with E-state index in [1.165, 1.54) is 26.2 Å². The van der Waals surface area contributed by atoms with Crippen molar-refractivity contribution in [2.24, 2.45) is 0 Å². The van der Waals surface area contributed by atoms with Gasteiger partial charge in [-0.3, -0.25) is 14.5 Å². The molecule has 1 N–H and O–H groups in total. The Labute approximate surface area is 228 Å². The van der Waals surface area contributed by atoms with E-state index in [1.807, 2.05) is 6.92 Å². The Morgan fingerprint density at radius 3 is 2.62 bits per heavy atom. The standard InChI is InChI=1S/C28H26N2O8S/c1-13-11-16-12-15(9-10-18(16)38-13)22(31)20-21(17-7-6-8-19(35-3)24(17)36-4)30(26(33)23(20)32)28-29-14(2)25(39-28)27(34)37-5/h6-10,12-13,21,31H,11H2,1-5H3. The van der Waals surface area contributed by atoms with E-state index in [2.05, 4.69) is 4.98 Å². The summed E-state index contributed by atoms with van der Waals surface area (Å²) in [5, 5.41) is 11.7. The van der Waals surface area contributed by atoms with Crippen molar-refractivity contribution >= 4 is 39.9 Å². The monoisotopic (exact) mass is 550 g/mol. The van der Waals surface area contributed by atoms with Gasteiger partial charge in [-0.25, -0.2) is 9.78 Å². The highest BCUT2D eigenvalue weighted by atomic mass is 32.1. The second kappa shape index (κ2) is 10.1. The van der Waals surface area contributed by atoms with Crippen molar-refractivity contribution in [3.8, 4) is 17.2 Å². The zero-order valence-corrected chi connectivity index (χ0v) is 22.8. The lowest BCUT2D eigenvalue weighted by Gasteiger charge is -2.25. The number of amides is 1. The number of Topliss-reactive ketones (excluding diaryl/α,β-unsaturated/α-hetero) is 1. The number of aliphatic hydroxyl groups is 1. The predicted molar refractivity (Wildman–Crippen MR) is 143 cm³/mol. The molecule has 2 unspecified atom stereocenters. The molecule has 0 bridgehead atoms. The van der Waals surface area contributed by atoms with Crippen LogP contribution in [0.4, 0.5) is 5.13 Å². The quantitative estimate of drug-likeness (QED) is 0.208. The van der Waals surface area contributed by atoms with E-state index in [1.54, 1.807) is 43.3 Å². The van der Waals surface area contributed by atoms with Crippen LogP contribution in [0, 0.1) is 6.92 Å². The SMILES string of the molecule is COC(=O)c1sc(N2C(=O)C(=O)C(=C(O)c3ccc4c(c3)CC(C)O4)C2c2cccc(OC)c2OC)nc1C. The fourth-order valence-corrected chi connectivity index (χ4v) is 5.96. The summed E-state index contributed by atoms with van der Waals surface area (Å²) in [6, 6.07) is 9.05. The summed E-state index contributed by atoms with van der Waals surface area (Å²) in [5.41, 5.74) is 1.83. The van der Waals surface area contributed by atoms with Gasteiger partial charge in [-0.05, 0) is 43.7 Å². The van der Waals surface area contributed by atoms with Crippen LogP contribution in [0.5, 0.6) is 17.2 Å². The van der Waals surface area contributed by atoms with Crippen LogP contribution >= 0.6 is 11.3 Å². The van der Waals surface area contributed by atoms with Crippen molar-refractivity contribution < 1.29 is 38.4 Å². The lowest BCUT2D eigenvalue weighted by Crippen LogP contribution is -2.29. The number of para-hydroxylation sites is 1. The van der Waals surface area contributed by atoms with E-state index in [-0.39, 0.29) is 33.2 Å². The van der Waals surface area contributed by atoms with Crippen molar-refractivity contribution in [3.05, 3.63) is 69.2 Å². The molecule has 11 heteroatoms. The number of esters is 1. The van der Waals surface area contributed by atoms with Crippen LogP contribution in [-0.4, -0.2) is 55.2 Å². The van der Waals surface area contributed by atoms with Crippen LogP contribution in [0.2, 0.25) is 0 Å². The molecule has 0 aliphatic carbocycles. The Morgan fingerprint density at radius 2 is 1.92 bits per heavy atom. The topological polar surface area (TPSA) is 124 Å². The number of aliphatic hydroxyl groups excluding tert-OH is 1. The van der Waals surface area contributed by atoms with Crippen molar-refractivity contribution in [1.82, 2.24) is 4.98 Å². The van der Waals surface area contributed by atoms with Gasteiger partial charge >= 0.3 is 11.9 Å². The van der Waals surface area contributed by atoms with Gasteiger partial charge in [0.2, 0.25) is 0 Å². The Morgan fingerprint density at radius 1 is 1.15 bits per heavy atom. The molecule has 5 rings (SSSR count). The fourth-order valence-electron chi connectivity index (χ4n) is 4.94. The van der Waals surface area contributed by atoms with E-state index in [0.29, 0.717) is 34.7 Å². The minimum atomic E-state index is -1.13. The molecule has 10 nitrogen and oxygen atoms in total. The Balaban J connectivity index is 1.75. The summed E-state index contributed by atoms with van der Waals surface area (Å²) in [6.45, 7) is 3.55. The largest absolute Gasteiger partial charge is 0.507 e. The molecule has 0 saturated carbocycles. The number of hydrogen-bond acceptors (Lipinski definition) is 10. The maximum absolute atomic E-state index is 13.6. The maximum atomic E-state index is 13.6. The molecular weight excluding hydrogens is 524 g/mol. The number of fused-ring (bicyclic) bond motifs is 1. The normalized spacial score (nSPS) is 19.6. The number of aromatic nitrogens is 1. The first-order valence-electron chi connectivity index (χ1n) is 12.1. The number of aryl methyl sites for hydroxylation is 1. The number of hydrogen-bond donors (Lipinski definition) is 1. The third-order valence-corrected chi connectivity index (χ3v) is 7.84. The van der Waals surface area contributed by atoms with Gasteiger partial charge in [-0.2, -0.15) is 0 Å². The van der Waals surface area contributed by atoms with E-state index >= 15 is 0 Å². The molecular formula is C28H26N2O8S. The number of ether oxygens (including phenoxy) is 4. The lowest BCUT2D eigenvalue weighted by atomic mass is 9.93.